The number of benzene rings is 1. The van der Waals surface area contributed by atoms with Crippen LogP contribution in [0, 0.1) is 6.92 Å². The van der Waals surface area contributed by atoms with E-state index >= 15 is 0 Å². The van der Waals surface area contributed by atoms with E-state index in [1.807, 2.05) is 18.4 Å². The lowest BCUT2D eigenvalue weighted by atomic mass is 10.2. The first-order valence-corrected chi connectivity index (χ1v) is 7.54. The predicted octanol–water partition coefficient (Wildman–Crippen LogP) is 1.54. The maximum absolute atomic E-state index is 11.7. The summed E-state index contributed by atoms with van der Waals surface area (Å²) in [5, 5.41) is 8.33. The summed E-state index contributed by atoms with van der Waals surface area (Å²) in [6, 6.07) is 8.82. The molecule has 0 saturated heterocycles. The fourth-order valence-corrected chi connectivity index (χ4v) is 2.52. The molecule has 0 unspecified atom stereocenters. The Labute approximate surface area is 127 Å². The van der Waals surface area contributed by atoms with E-state index in [2.05, 4.69) is 15.6 Å². The highest BCUT2D eigenvalue weighted by atomic mass is 32.1. The molecule has 1 aromatic heterocycles. The number of carbonyl (C=O) groups is 2. The van der Waals surface area contributed by atoms with E-state index in [0.29, 0.717) is 18.5 Å². The molecule has 2 rings (SSSR count). The van der Waals surface area contributed by atoms with Crippen LogP contribution in [0.2, 0.25) is 0 Å². The number of rotatable bonds is 6. The van der Waals surface area contributed by atoms with E-state index in [0.717, 1.165) is 10.7 Å². The van der Waals surface area contributed by atoms with E-state index in [1.54, 1.807) is 35.6 Å². The van der Waals surface area contributed by atoms with E-state index in [9.17, 15) is 9.59 Å². The Kier molecular flexibility index (Phi) is 5.45. The Morgan fingerprint density at radius 1 is 1.19 bits per heavy atom. The number of nitrogens with zero attached hydrogens (tertiary/aromatic N) is 1. The van der Waals surface area contributed by atoms with Gasteiger partial charge in [-0.15, -0.1) is 11.3 Å². The van der Waals surface area contributed by atoms with Crippen molar-refractivity contribution in [3.63, 3.8) is 0 Å². The van der Waals surface area contributed by atoms with Crippen LogP contribution in [-0.2, 0) is 11.2 Å². The molecular weight excluding hydrogens is 286 g/mol. The van der Waals surface area contributed by atoms with Crippen LogP contribution in [0.3, 0.4) is 0 Å². The van der Waals surface area contributed by atoms with Crippen molar-refractivity contribution in [2.45, 2.75) is 13.3 Å². The lowest BCUT2D eigenvalue weighted by Gasteiger charge is -2.06. The molecule has 1 aromatic carbocycles. The summed E-state index contributed by atoms with van der Waals surface area (Å²) in [6.07, 6.45) is 0.705. The number of amides is 2. The molecule has 5 nitrogen and oxygen atoms in total. The quantitative estimate of drug-likeness (QED) is 0.850. The van der Waals surface area contributed by atoms with E-state index in [4.69, 9.17) is 0 Å². The molecule has 2 amide bonds. The molecule has 0 fully saturated rings. The minimum atomic E-state index is -0.249. The van der Waals surface area contributed by atoms with Crippen molar-refractivity contribution >= 4 is 23.2 Å². The fraction of sp³-hybridized carbons (Fsp3) is 0.267. The predicted molar refractivity (Wildman–Crippen MR) is 82.3 cm³/mol. The van der Waals surface area contributed by atoms with Crippen molar-refractivity contribution in [2.24, 2.45) is 0 Å². The van der Waals surface area contributed by atoms with E-state index in [-0.39, 0.29) is 18.4 Å². The lowest BCUT2D eigenvalue weighted by Crippen LogP contribution is -2.37. The molecule has 1 heterocycles. The Balaban J connectivity index is 1.67. The minimum absolute atomic E-state index is 0.0232. The SMILES string of the molecule is Cc1csc(CCNC(=O)CNC(=O)c2ccccc2)n1. The highest BCUT2D eigenvalue weighted by Gasteiger charge is 2.07. The van der Waals surface area contributed by atoms with Gasteiger partial charge in [-0.2, -0.15) is 0 Å². The van der Waals surface area contributed by atoms with Gasteiger partial charge in [0.2, 0.25) is 5.91 Å². The van der Waals surface area contributed by atoms with Gasteiger partial charge >= 0.3 is 0 Å². The molecule has 0 spiro atoms. The van der Waals surface area contributed by atoms with Crippen LogP contribution in [0.5, 0.6) is 0 Å². The molecule has 0 radical (unpaired) electrons. The molecule has 0 saturated carbocycles. The second kappa shape index (κ2) is 7.54. The maximum atomic E-state index is 11.7. The van der Waals surface area contributed by atoms with Gasteiger partial charge in [-0.05, 0) is 19.1 Å². The highest BCUT2D eigenvalue weighted by molar-refractivity contribution is 7.09. The number of thiazole rings is 1. The zero-order valence-electron chi connectivity index (χ0n) is 11.8. The number of hydrogen-bond acceptors (Lipinski definition) is 4. The summed E-state index contributed by atoms with van der Waals surface area (Å²) < 4.78 is 0. The molecule has 0 bridgehead atoms. The van der Waals surface area contributed by atoms with E-state index < -0.39 is 0 Å². The zero-order chi connectivity index (χ0) is 15.1. The second-order valence-electron chi connectivity index (χ2n) is 4.53. The van der Waals surface area contributed by atoms with Gasteiger partial charge in [0, 0.05) is 29.6 Å². The summed E-state index contributed by atoms with van der Waals surface area (Å²) in [7, 11) is 0. The molecule has 110 valence electrons. The molecule has 0 atom stereocenters. The largest absolute Gasteiger partial charge is 0.354 e. The third-order valence-corrected chi connectivity index (χ3v) is 3.80. The lowest BCUT2D eigenvalue weighted by molar-refractivity contribution is -0.120. The molecule has 6 heteroatoms. The Morgan fingerprint density at radius 3 is 2.62 bits per heavy atom. The molecule has 2 N–H and O–H groups in total. The smallest absolute Gasteiger partial charge is 0.251 e. The van der Waals surface area contributed by atoms with Crippen molar-refractivity contribution in [3.8, 4) is 0 Å². The normalized spacial score (nSPS) is 10.1. The number of nitrogens with one attached hydrogen (secondary N) is 2. The van der Waals surface area contributed by atoms with Crippen LogP contribution in [-0.4, -0.2) is 29.9 Å². The third kappa shape index (κ3) is 5.00. The number of aryl methyl sites for hydroxylation is 1. The van der Waals surface area contributed by atoms with Crippen molar-refractivity contribution in [3.05, 3.63) is 52.0 Å². The number of carbonyl (C=O) groups excluding carboxylic acids is 2. The molecule has 2 aromatic rings. The molecular formula is C15H17N3O2S. The van der Waals surface area contributed by atoms with Crippen LogP contribution in [0.25, 0.3) is 0 Å². The van der Waals surface area contributed by atoms with Gasteiger partial charge in [0.1, 0.15) is 0 Å². The van der Waals surface area contributed by atoms with Crippen LogP contribution in [0.4, 0.5) is 0 Å². The third-order valence-electron chi connectivity index (χ3n) is 2.77. The zero-order valence-corrected chi connectivity index (χ0v) is 12.6. The van der Waals surface area contributed by atoms with Crippen LogP contribution >= 0.6 is 11.3 Å². The standard InChI is InChI=1S/C15H17N3O2S/c1-11-10-21-14(18-11)7-8-16-13(19)9-17-15(20)12-5-3-2-4-6-12/h2-6,10H,7-9H2,1H3,(H,16,19)(H,17,20). The summed E-state index contributed by atoms with van der Waals surface area (Å²) in [5.74, 6) is -0.450. The molecule has 0 aliphatic carbocycles. The Hall–Kier alpha value is -2.21. The molecule has 0 aliphatic rings. The van der Waals surface area contributed by atoms with Gasteiger partial charge in [-0.1, -0.05) is 18.2 Å². The monoisotopic (exact) mass is 303 g/mol. The van der Waals surface area contributed by atoms with Gasteiger partial charge in [-0.25, -0.2) is 4.98 Å². The second-order valence-corrected chi connectivity index (χ2v) is 5.47. The first-order chi connectivity index (χ1) is 10.1. The molecule has 0 aliphatic heterocycles. The van der Waals surface area contributed by atoms with Crippen LogP contribution in [0.15, 0.2) is 35.7 Å². The van der Waals surface area contributed by atoms with Crippen LogP contribution < -0.4 is 10.6 Å². The van der Waals surface area contributed by atoms with Gasteiger partial charge in [0.15, 0.2) is 0 Å². The summed E-state index contributed by atoms with van der Waals surface area (Å²) in [4.78, 5) is 27.7. The maximum Gasteiger partial charge on any atom is 0.251 e. The van der Waals surface area contributed by atoms with Crippen molar-refractivity contribution < 1.29 is 9.59 Å². The molecule has 21 heavy (non-hydrogen) atoms. The van der Waals surface area contributed by atoms with Gasteiger partial charge in [0.25, 0.3) is 5.91 Å². The average molecular weight is 303 g/mol. The van der Waals surface area contributed by atoms with Crippen LogP contribution in [0.1, 0.15) is 21.1 Å². The Morgan fingerprint density at radius 2 is 1.95 bits per heavy atom. The van der Waals surface area contributed by atoms with Crippen molar-refractivity contribution in [1.82, 2.24) is 15.6 Å². The number of aromatic nitrogens is 1. The minimum Gasteiger partial charge on any atom is -0.354 e. The summed E-state index contributed by atoms with van der Waals surface area (Å²) in [6.45, 7) is 2.44. The summed E-state index contributed by atoms with van der Waals surface area (Å²) >= 11 is 1.58. The fourth-order valence-electron chi connectivity index (χ4n) is 1.74. The topological polar surface area (TPSA) is 71.1 Å². The first-order valence-electron chi connectivity index (χ1n) is 6.66. The Bertz CT molecular complexity index is 610. The highest BCUT2D eigenvalue weighted by Crippen LogP contribution is 2.08. The number of hydrogen-bond donors (Lipinski definition) is 2. The van der Waals surface area contributed by atoms with Crippen molar-refractivity contribution in [1.29, 1.82) is 0 Å². The van der Waals surface area contributed by atoms with Gasteiger partial charge in [-0.3, -0.25) is 9.59 Å². The first kappa shape index (κ1) is 15.2. The van der Waals surface area contributed by atoms with E-state index in [1.165, 1.54) is 0 Å². The summed E-state index contributed by atoms with van der Waals surface area (Å²) in [5.41, 5.74) is 1.54. The van der Waals surface area contributed by atoms with Crippen molar-refractivity contribution in [2.75, 3.05) is 13.1 Å². The van der Waals surface area contributed by atoms with Gasteiger partial charge < -0.3 is 10.6 Å². The average Bonchev–Trinajstić information content (AvgIpc) is 2.91. The van der Waals surface area contributed by atoms with Gasteiger partial charge in [0.05, 0.1) is 11.6 Å².